The van der Waals surface area contributed by atoms with Gasteiger partial charge in [-0.3, -0.25) is 14.6 Å². The van der Waals surface area contributed by atoms with Crippen molar-refractivity contribution in [2.45, 2.75) is 18.6 Å². The van der Waals surface area contributed by atoms with Crippen LogP contribution in [0.25, 0.3) is 0 Å². The van der Waals surface area contributed by atoms with Crippen LogP contribution in [0.5, 0.6) is 0 Å². The van der Waals surface area contributed by atoms with E-state index >= 15 is 0 Å². The maximum Gasteiger partial charge on any atom is 0.324 e. The summed E-state index contributed by atoms with van der Waals surface area (Å²) in [5.41, 5.74) is 0. The Morgan fingerprint density at radius 1 is 1.57 bits per heavy atom. The van der Waals surface area contributed by atoms with Crippen molar-refractivity contribution in [3.63, 3.8) is 0 Å². The minimum atomic E-state index is -0.308. The second-order valence-corrected chi connectivity index (χ2v) is 5.29. The van der Waals surface area contributed by atoms with E-state index in [0.717, 1.165) is 12.2 Å². The van der Waals surface area contributed by atoms with Gasteiger partial charge in [-0.05, 0) is 6.42 Å². The molecule has 2 N–H and O–H groups in total. The van der Waals surface area contributed by atoms with Crippen molar-refractivity contribution >= 4 is 11.9 Å². The predicted octanol–water partition coefficient (Wildman–Crippen LogP) is -0.277. The lowest BCUT2D eigenvalue weighted by Gasteiger charge is -2.23. The molecule has 2 saturated heterocycles. The number of likely N-dealkylation sites (tertiary alicyclic amines) is 1. The molecule has 114 valence electrons. The Labute approximate surface area is 122 Å². The van der Waals surface area contributed by atoms with E-state index in [4.69, 9.17) is 4.74 Å². The van der Waals surface area contributed by atoms with Crippen molar-refractivity contribution in [2.24, 2.45) is 0 Å². The van der Waals surface area contributed by atoms with Gasteiger partial charge in [0.1, 0.15) is 5.82 Å². The number of carbonyl (C=O) groups excluding carboxylic acids is 2. The predicted molar refractivity (Wildman–Crippen MR) is 73.4 cm³/mol. The van der Waals surface area contributed by atoms with Gasteiger partial charge in [0.25, 0.3) is 0 Å². The largest absolute Gasteiger partial charge is 0.380 e. The molecule has 2 aliphatic rings. The first-order chi connectivity index (χ1) is 10.2. The molecule has 0 saturated carbocycles. The van der Waals surface area contributed by atoms with Crippen molar-refractivity contribution in [2.75, 3.05) is 33.3 Å². The van der Waals surface area contributed by atoms with Crippen LogP contribution in [0.4, 0.5) is 4.79 Å². The van der Waals surface area contributed by atoms with Gasteiger partial charge >= 0.3 is 6.03 Å². The smallest absolute Gasteiger partial charge is 0.324 e. The van der Waals surface area contributed by atoms with Crippen LogP contribution >= 0.6 is 0 Å². The fourth-order valence-electron chi connectivity index (χ4n) is 2.92. The molecule has 1 aromatic heterocycles. The lowest BCUT2D eigenvalue weighted by molar-refractivity contribution is -0.129. The number of rotatable bonds is 4. The second kappa shape index (κ2) is 5.82. The Balaban J connectivity index is 1.70. The van der Waals surface area contributed by atoms with Crippen LogP contribution < -0.4 is 5.32 Å². The van der Waals surface area contributed by atoms with E-state index in [1.807, 2.05) is 4.90 Å². The first-order valence-electron chi connectivity index (χ1n) is 7.03. The van der Waals surface area contributed by atoms with Crippen LogP contribution in [0, 0.1) is 0 Å². The van der Waals surface area contributed by atoms with Gasteiger partial charge < -0.3 is 15.0 Å². The highest BCUT2D eigenvalue weighted by Gasteiger charge is 2.37. The Morgan fingerprint density at radius 2 is 2.43 bits per heavy atom. The summed E-state index contributed by atoms with van der Waals surface area (Å²) in [7, 11) is 1.67. The van der Waals surface area contributed by atoms with E-state index in [9.17, 15) is 9.59 Å². The molecule has 3 rings (SSSR count). The van der Waals surface area contributed by atoms with E-state index in [0.29, 0.717) is 19.6 Å². The lowest BCUT2D eigenvalue weighted by Crippen LogP contribution is -2.42. The summed E-state index contributed by atoms with van der Waals surface area (Å²) < 4.78 is 5.41. The Bertz CT molecular complexity index is 518. The topological polar surface area (TPSA) is 90.6 Å². The van der Waals surface area contributed by atoms with Gasteiger partial charge in [-0.15, -0.1) is 0 Å². The molecule has 0 aromatic carbocycles. The number of nitrogens with zero attached hydrogens (tertiary/aromatic N) is 3. The first kappa shape index (κ1) is 14.0. The highest BCUT2D eigenvalue weighted by Crippen LogP contribution is 2.31. The number of aromatic nitrogens is 2. The minimum Gasteiger partial charge on any atom is -0.380 e. The van der Waals surface area contributed by atoms with Crippen LogP contribution in [0.15, 0.2) is 12.4 Å². The third-order valence-corrected chi connectivity index (χ3v) is 4.03. The number of nitrogens with one attached hydrogen (secondary N) is 2. The molecule has 8 heteroatoms. The maximum absolute atomic E-state index is 12.3. The Hall–Kier alpha value is -1.93. The number of carbonyl (C=O) groups is 2. The fraction of sp³-hybridized carbons (Fsp3) is 0.615. The molecule has 21 heavy (non-hydrogen) atoms. The number of ether oxygens (including phenoxy) is 1. The average Bonchev–Trinajstić information content (AvgIpc) is 3.17. The van der Waals surface area contributed by atoms with E-state index in [1.165, 1.54) is 4.90 Å². The van der Waals surface area contributed by atoms with Crippen LogP contribution in [-0.2, 0) is 9.53 Å². The van der Waals surface area contributed by atoms with Gasteiger partial charge in [0, 0.05) is 39.1 Å². The Morgan fingerprint density at radius 3 is 3.05 bits per heavy atom. The summed E-state index contributed by atoms with van der Waals surface area (Å²) in [5, 5.41) is 2.64. The number of amides is 3. The molecule has 3 amide bonds. The zero-order valence-electron chi connectivity index (χ0n) is 11.9. The lowest BCUT2D eigenvalue weighted by atomic mass is 10.2. The van der Waals surface area contributed by atoms with Gasteiger partial charge in [-0.2, -0.15) is 0 Å². The van der Waals surface area contributed by atoms with Gasteiger partial charge in [0.15, 0.2) is 0 Å². The van der Waals surface area contributed by atoms with Crippen molar-refractivity contribution < 1.29 is 14.3 Å². The number of H-pyrrole nitrogens is 1. The number of methoxy groups -OCH3 is 1. The highest BCUT2D eigenvalue weighted by atomic mass is 16.5. The summed E-state index contributed by atoms with van der Waals surface area (Å²) in [5.74, 6) is 0.645. The van der Waals surface area contributed by atoms with Gasteiger partial charge in [-0.25, -0.2) is 9.78 Å². The molecule has 0 aliphatic carbocycles. The number of aromatic amines is 1. The van der Waals surface area contributed by atoms with Crippen LogP contribution in [0.3, 0.4) is 0 Å². The molecular weight excluding hydrogens is 274 g/mol. The van der Waals surface area contributed by atoms with Gasteiger partial charge in [0.2, 0.25) is 5.91 Å². The molecule has 2 aliphatic heterocycles. The molecular formula is C13H19N5O3. The third-order valence-electron chi connectivity index (χ3n) is 4.03. The molecule has 8 nitrogen and oxygen atoms in total. The van der Waals surface area contributed by atoms with Crippen molar-refractivity contribution in [1.82, 2.24) is 25.1 Å². The summed E-state index contributed by atoms with van der Waals surface area (Å²) in [6, 6.07) is -0.295. The van der Waals surface area contributed by atoms with Crippen LogP contribution in [-0.4, -0.2) is 71.1 Å². The zero-order valence-corrected chi connectivity index (χ0v) is 11.9. The molecule has 3 heterocycles. The molecule has 1 aromatic rings. The Kier molecular flexibility index (Phi) is 3.89. The average molecular weight is 293 g/mol. The zero-order chi connectivity index (χ0) is 14.8. The first-order valence-corrected chi connectivity index (χ1v) is 7.03. The van der Waals surface area contributed by atoms with E-state index in [1.54, 1.807) is 19.5 Å². The van der Waals surface area contributed by atoms with Crippen molar-refractivity contribution in [3.8, 4) is 0 Å². The van der Waals surface area contributed by atoms with E-state index in [-0.39, 0.29) is 30.6 Å². The molecule has 2 atom stereocenters. The minimum absolute atomic E-state index is 0.0135. The summed E-state index contributed by atoms with van der Waals surface area (Å²) >= 11 is 0. The van der Waals surface area contributed by atoms with E-state index < -0.39 is 0 Å². The van der Waals surface area contributed by atoms with Crippen molar-refractivity contribution in [3.05, 3.63) is 18.2 Å². The maximum atomic E-state index is 12.3. The summed E-state index contributed by atoms with van der Waals surface area (Å²) in [6.45, 7) is 1.80. The third kappa shape index (κ3) is 2.77. The highest BCUT2D eigenvalue weighted by molar-refractivity contribution is 5.96. The number of imide groups is 1. The molecule has 2 fully saturated rings. The van der Waals surface area contributed by atoms with Crippen LogP contribution in [0.2, 0.25) is 0 Å². The SMILES string of the molecule is CO[C@@H]1CC(c2ncc[nH]2)N(CC(=O)N2CCNC2=O)C1. The molecule has 0 spiro atoms. The van der Waals surface area contributed by atoms with Crippen LogP contribution in [0.1, 0.15) is 18.3 Å². The quantitative estimate of drug-likeness (QED) is 0.797. The monoisotopic (exact) mass is 293 g/mol. The number of hydrogen-bond acceptors (Lipinski definition) is 5. The fourth-order valence-corrected chi connectivity index (χ4v) is 2.92. The summed E-state index contributed by atoms with van der Waals surface area (Å²) in [4.78, 5) is 34.5. The molecule has 0 radical (unpaired) electrons. The number of hydrogen-bond donors (Lipinski definition) is 2. The number of urea groups is 1. The number of imidazole rings is 1. The second-order valence-electron chi connectivity index (χ2n) is 5.29. The van der Waals surface area contributed by atoms with E-state index in [2.05, 4.69) is 15.3 Å². The standard InChI is InChI=1S/C13H19N5O3/c1-21-9-6-10(12-14-2-3-15-12)17(7-9)8-11(19)18-5-4-16-13(18)20/h2-3,9-10H,4-8H2,1H3,(H,14,15)(H,16,20)/t9-,10?/m1/s1. The van der Waals surface area contributed by atoms with Crippen molar-refractivity contribution in [1.29, 1.82) is 0 Å². The summed E-state index contributed by atoms with van der Waals surface area (Å²) in [6.07, 6.45) is 4.32. The molecule has 0 bridgehead atoms. The van der Waals surface area contributed by atoms with Gasteiger partial charge in [-0.1, -0.05) is 0 Å². The normalized spacial score (nSPS) is 26.3. The molecule has 1 unspecified atom stereocenters. The van der Waals surface area contributed by atoms with Gasteiger partial charge in [0.05, 0.1) is 18.7 Å².